The van der Waals surface area contributed by atoms with Crippen molar-refractivity contribution in [1.82, 2.24) is 0 Å². The Balaban J connectivity index is 0. The quantitative estimate of drug-likeness (QED) is 0.221. The van der Waals surface area contributed by atoms with Crippen LogP contribution in [0.1, 0.15) is 11.1 Å². The summed E-state index contributed by atoms with van der Waals surface area (Å²) in [7, 11) is -5.17. The zero-order chi connectivity index (χ0) is 15.4. The first kappa shape index (κ1) is 22.3. The van der Waals surface area contributed by atoms with Crippen LogP contribution in [0, 0.1) is 22.7 Å². The van der Waals surface area contributed by atoms with Gasteiger partial charge in [-0.25, -0.2) is 0 Å². The molecule has 1 aromatic carbocycles. The van der Waals surface area contributed by atoms with E-state index in [-0.39, 0.29) is 54.3 Å². The van der Waals surface area contributed by atoms with Crippen molar-refractivity contribution in [1.29, 1.82) is 10.5 Å². The van der Waals surface area contributed by atoms with E-state index in [9.17, 15) is 0 Å². The third-order valence-electron chi connectivity index (χ3n) is 1.49. The molecule has 0 radical (unpaired) electrons. The summed E-state index contributed by atoms with van der Waals surface area (Å²) in [5, 5.41) is 17.2. The molecule has 0 amide bonds. The summed E-state index contributed by atoms with van der Waals surface area (Å²) in [6.45, 7) is 0. The van der Waals surface area contributed by atoms with Gasteiger partial charge in [0.25, 0.3) is 0 Å². The number of rotatable bonds is 0. The maximum Gasteiger partial charge on any atom is 2.00 e. The second-order valence-electron chi connectivity index (χ2n) is 2.64. The molecule has 0 aromatic heterocycles. The third kappa shape index (κ3) is 6.63. The van der Waals surface area contributed by atoms with E-state index in [0.717, 1.165) is 0 Å². The van der Waals surface area contributed by atoms with Crippen molar-refractivity contribution < 1.29 is 17.5 Å². The Morgan fingerprint density at radius 1 is 0.800 bits per heavy atom. The Morgan fingerprint density at radius 2 is 1.05 bits per heavy atom. The summed E-state index contributed by atoms with van der Waals surface area (Å²) in [6.07, 6.45) is 0. The normalized spacial score (nSPS) is 9.40. The molecule has 0 aliphatic carbocycles. The van der Waals surface area contributed by atoms with Crippen LogP contribution in [0.15, 0.2) is 0 Å². The van der Waals surface area contributed by atoms with E-state index in [1.807, 2.05) is 0 Å². The second-order valence-corrected chi connectivity index (χ2v) is 4.97. The average Bonchev–Trinajstić information content (AvgIpc) is 2.25. The molecular formula is C8Cl4MgN2O4S. The van der Waals surface area contributed by atoms with Gasteiger partial charge in [-0.3, -0.25) is 8.42 Å². The molecule has 0 N–H and O–H groups in total. The van der Waals surface area contributed by atoms with E-state index in [0.29, 0.717) is 0 Å². The molecule has 0 aliphatic heterocycles. The zero-order valence-electron chi connectivity index (χ0n) is 9.15. The summed E-state index contributed by atoms with van der Waals surface area (Å²) >= 11 is 22.8. The maximum atomic E-state index is 8.70. The fraction of sp³-hybridized carbons (Fsp3) is 0. The van der Waals surface area contributed by atoms with E-state index in [4.69, 9.17) is 74.5 Å². The van der Waals surface area contributed by atoms with Gasteiger partial charge in [0.15, 0.2) is 0 Å². The minimum Gasteiger partial charge on any atom is -0.759 e. The first-order valence-electron chi connectivity index (χ1n) is 3.87. The number of hydrogen-bond donors (Lipinski definition) is 0. The van der Waals surface area contributed by atoms with Crippen molar-refractivity contribution >= 4 is 79.9 Å². The molecule has 0 unspecified atom stereocenters. The van der Waals surface area contributed by atoms with Crippen molar-refractivity contribution in [3.05, 3.63) is 31.2 Å². The molecule has 6 nitrogen and oxygen atoms in total. The van der Waals surface area contributed by atoms with Gasteiger partial charge in [-0.15, -0.1) is 0 Å². The van der Waals surface area contributed by atoms with Crippen molar-refractivity contribution in [3.8, 4) is 12.1 Å². The van der Waals surface area contributed by atoms with Gasteiger partial charge in [-0.2, -0.15) is 10.5 Å². The van der Waals surface area contributed by atoms with Crippen molar-refractivity contribution in [2.75, 3.05) is 0 Å². The first-order chi connectivity index (χ1) is 8.54. The van der Waals surface area contributed by atoms with Gasteiger partial charge in [0.2, 0.25) is 0 Å². The largest absolute Gasteiger partial charge is 2.00 e. The SMILES string of the molecule is N#Cc1c(Cl)c(Cl)c(Cl)c(C#N)c1Cl.O=S(=O)([O-])[O-].[Mg+2]. The predicted molar refractivity (Wildman–Crippen MR) is 72.1 cm³/mol. The molecule has 1 aromatic rings. The molecule has 102 valence electrons. The van der Waals surface area contributed by atoms with Crippen LogP contribution < -0.4 is 0 Å². The van der Waals surface area contributed by atoms with Crippen LogP contribution in [-0.2, 0) is 10.4 Å². The fourth-order valence-corrected chi connectivity index (χ4v) is 1.90. The summed E-state index contributed by atoms with van der Waals surface area (Å²) in [6, 6.07) is 3.50. The van der Waals surface area contributed by atoms with Crippen LogP contribution in [0.4, 0.5) is 0 Å². The summed E-state index contributed by atoms with van der Waals surface area (Å²) in [5.41, 5.74) is -0.0847. The van der Waals surface area contributed by atoms with E-state index in [1.54, 1.807) is 12.1 Å². The van der Waals surface area contributed by atoms with Crippen molar-refractivity contribution in [2.45, 2.75) is 0 Å². The Labute approximate surface area is 150 Å². The molecule has 0 aliphatic rings. The van der Waals surface area contributed by atoms with E-state index in [2.05, 4.69) is 0 Å². The number of halogens is 4. The van der Waals surface area contributed by atoms with Crippen LogP contribution >= 0.6 is 46.4 Å². The Hall–Kier alpha value is -0.00377. The van der Waals surface area contributed by atoms with Crippen LogP contribution in [0.5, 0.6) is 0 Å². The molecular weight excluding hydrogens is 386 g/mol. The molecule has 0 atom stereocenters. The minimum atomic E-state index is -5.17. The summed E-state index contributed by atoms with van der Waals surface area (Å²) in [5.74, 6) is 0. The standard InChI is InChI=1S/C8Cl4N2.Mg.H2O4S/c9-5-3(1-13)6(10)8(12)7(11)4(5)2-14;;1-5(2,3)4/h;;(H2,1,2,3,4)/q;+2;/p-2. The number of benzene rings is 1. The smallest absolute Gasteiger partial charge is 0.759 e. The summed E-state index contributed by atoms with van der Waals surface area (Å²) in [4.78, 5) is 0. The molecule has 12 heteroatoms. The van der Waals surface area contributed by atoms with Crippen molar-refractivity contribution in [2.24, 2.45) is 0 Å². The zero-order valence-corrected chi connectivity index (χ0v) is 14.4. The Morgan fingerprint density at radius 3 is 1.25 bits per heavy atom. The van der Waals surface area contributed by atoms with Gasteiger partial charge >= 0.3 is 23.1 Å². The topological polar surface area (TPSA) is 128 Å². The molecule has 1 rings (SSSR count). The predicted octanol–water partition coefficient (Wildman–Crippen LogP) is 2.32. The summed E-state index contributed by atoms with van der Waals surface area (Å²) < 4.78 is 34.1. The number of nitrogens with zero attached hydrogens (tertiary/aromatic N) is 2. The van der Waals surface area contributed by atoms with Crippen LogP contribution in [0.2, 0.25) is 20.1 Å². The third-order valence-corrected chi connectivity index (χ3v) is 3.19. The molecule has 0 saturated carbocycles. The van der Waals surface area contributed by atoms with Gasteiger partial charge in [0, 0.05) is 10.4 Å². The van der Waals surface area contributed by atoms with Gasteiger partial charge in [0.1, 0.15) is 12.1 Å². The maximum absolute atomic E-state index is 8.70. The van der Waals surface area contributed by atoms with Gasteiger partial charge in [0.05, 0.1) is 31.2 Å². The first-order valence-corrected chi connectivity index (χ1v) is 6.72. The van der Waals surface area contributed by atoms with E-state index in [1.165, 1.54) is 0 Å². The fourth-order valence-electron chi connectivity index (χ4n) is 0.830. The number of hydrogen-bond acceptors (Lipinski definition) is 6. The average molecular weight is 386 g/mol. The molecule has 0 spiro atoms. The molecule has 0 saturated heterocycles. The Kier molecular flexibility index (Phi) is 10.1. The van der Waals surface area contributed by atoms with Gasteiger partial charge in [-0.1, -0.05) is 46.4 Å². The molecule has 0 bridgehead atoms. The number of nitriles is 2. The van der Waals surface area contributed by atoms with Crippen LogP contribution in [-0.4, -0.2) is 40.6 Å². The van der Waals surface area contributed by atoms with Crippen molar-refractivity contribution in [3.63, 3.8) is 0 Å². The second kappa shape index (κ2) is 9.10. The minimum absolute atomic E-state index is 0. The Bertz CT molecular complexity index is 647. The van der Waals surface area contributed by atoms with Gasteiger partial charge in [-0.05, 0) is 0 Å². The monoisotopic (exact) mass is 384 g/mol. The van der Waals surface area contributed by atoms with Crippen LogP contribution in [0.25, 0.3) is 0 Å². The molecule has 20 heavy (non-hydrogen) atoms. The van der Waals surface area contributed by atoms with E-state index < -0.39 is 10.4 Å². The molecule has 0 heterocycles. The van der Waals surface area contributed by atoms with Crippen LogP contribution in [0.3, 0.4) is 0 Å². The molecule has 0 fully saturated rings. The van der Waals surface area contributed by atoms with E-state index >= 15 is 0 Å². The van der Waals surface area contributed by atoms with Gasteiger partial charge < -0.3 is 9.11 Å².